The molecule has 0 saturated heterocycles. The zero-order valence-corrected chi connectivity index (χ0v) is 59.7. The van der Waals surface area contributed by atoms with Crippen LogP contribution >= 0.6 is 23.4 Å². The van der Waals surface area contributed by atoms with E-state index in [9.17, 15) is 0 Å². The van der Waals surface area contributed by atoms with Crippen molar-refractivity contribution in [2.45, 2.75) is 83.5 Å². The number of anilines is 8. The number of halogens is 1. The van der Waals surface area contributed by atoms with Crippen LogP contribution < -0.4 is 74.8 Å². The van der Waals surface area contributed by atoms with Gasteiger partial charge in [0.2, 0.25) is 0 Å². The molecule has 0 aromatic heterocycles. The van der Waals surface area contributed by atoms with E-state index < -0.39 is 0 Å². The van der Waals surface area contributed by atoms with Gasteiger partial charge < -0.3 is 0 Å². The van der Waals surface area contributed by atoms with Gasteiger partial charge in [0.15, 0.2) is 0 Å². The van der Waals surface area contributed by atoms with E-state index in [4.69, 9.17) is 19.1 Å². The minimum atomic E-state index is -0.136. The SMILES string of the molecule is B=C(c1c(B)c(-c2c(B)c(B)c(B)c(B)c2B)c(B)c(B)c1SC)N(c1ccc(C(C)(C)C)cc1)c1c(B)c(B)c(B)c(N(c2cccc(N(c3ccc(C(C)(C)C)cc3)c3ccccc3-c3ccccc3)c2)c2ccc(C(C)(C)C)cc2-c2ccccc2)c1Cl. The first-order valence-electron chi connectivity index (χ1n) is 32.3. The van der Waals surface area contributed by atoms with Crippen LogP contribution in [-0.2, 0) is 16.2 Å². The molecule has 0 N–H and O–H groups in total. The Hall–Kier alpha value is -7.11. The number of thioether (sulfide) groups is 1. The van der Waals surface area contributed by atoms with Gasteiger partial charge in [-0.25, -0.2) is 0 Å². The third kappa shape index (κ3) is 12.7. The molecule has 0 fully saturated rings. The van der Waals surface area contributed by atoms with Crippen molar-refractivity contribution in [1.29, 1.82) is 0 Å². The van der Waals surface area contributed by atoms with E-state index >= 15 is 0 Å². The molecule has 10 aromatic carbocycles. The van der Waals surface area contributed by atoms with Crippen molar-refractivity contribution in [3.8, 4) is 33.4 Å². The van der Waals surface area contributed by atoms with Crippen LogP contribution in [0.15, 0.2) is 181 Å². The van der Waals surface area contributed by atoms with Gasteiger partial charge in [0.05, 0.1) is 0 Å². The molecule has 10 rings (SSSR count). The fourth-order valence-corrected chi connectivity index (χ4v) is 14.9. The van der Waals surface area contributed by atoms with E-state index in [-0.39, 0.29) is 16.2 Å². The summed E-state index contributed by atoms with van der Waals surface area (Å²) in [5, 5.41) is 0.624. The van der Waals surface area contributed by atoms with Crippen LogP contribution in [0.2, 0.25) is 5.02 Å². The second-order valence-electron chi connectivity index (χ2n) is 28.3. The Morgan fingerprint density at radius 1 is 0.374 bits per heavy atom. The van der Waals surface area contributed by atoms with Crippen LogP contribution in [0.1, 0.15) is 84.6 Å². The van der Waals surface area contributed by atoms with Gasteiger partial charge in [-0.1, -0.05) is 81.4 Å². The summed E-state index contributed by atoms with van der Waals surface area (Å²) in [4.78, 5) is 8.49. The molecular weight excluding hydrogens is 1130 g/mol. The van der Waals surface area contributed by atoms with E-state index in [1.807, 2.05) is 0 Å². The van der Waals surface area contributed by atoms with E-state index in [2.05, 4.69) is 346 Å². The second-order valence-corrected chi connectivity index (χ2v) is 29.5. The van der Waals surface area contributed by atoms with E-state index in [1.165, 1.54) is 76.4 Å². The molecule has 91 heavy (non-hydrogen) atoms. The summed E-state index contributed by atoms with van der Waals surface area (Å²) in [5.74, 6) is 0. The zero-order chi connectivity index (χ0) is 65.9. The van der Waals surface area contributed by atoms with Gasteiger partial charge in [0.1, 0.15) is 0 Å². The number of hydrogen-bond donors (Lipinski definition) is 0. The van der Waals surface area contributed by atoms with Crippen molar-refractivity contribution in [2.75, 3.05) is 21.0 Å². The van der Waals surface area contributed by atoms with Crippen molar-refractivity contribution < 1.29 is 0 Å². The first-order valence-corrected chi connectivity index (χ1v) is 33.9. The molecule has 0 amide bonds. The fraction of sp³-hybridized carbons (Fsp3) is 0.176. The van der Waals surface area contributed by atoms with Crippen LogP contribution in [-0.4, -0.2) is 106 Å². The summed E-state index contributed by atoms with van der Waals surface area (Å²) >= 11 is 10.6. The van der Waals surface area contributed by atoms with Gasteiger partial charge >= 0.3 is 471 Å². The molecule has 10 aromatic rings. The third-order valence-corrected chi connectivity index (χ3v) is 21.0. The third-order valence-electron chi connectivity index (χ3n) is 19.7. The fourth-order valence-electron chi connectivity index (χ4n) is 13.5. The van der Waals surface area contributed by atoms with Crippen molar-refractivity contribution >= 4 is 228 Å². The van der Waals surface area contributed by atoms with Crippen molar-refractivity contribution in [3.63, 3.8) is 0 Å². The van der Waals surface area contributed by atoms with Gasteiger partial charge in [-0.05, 0) is 16.5 Å². The van der Waals surface area contributed by atoms with Gasteiger partial charge in [-0.2, -0.15) is 0 Å². The average Bonchev–Trinajstić information content (AvgIpc) is 0.740. The molecule has 0 saturated carbocycles. The van der Waals surface area contributed by atoms with Crippen molar-refractivity contribution in [1.82, 2.24) is 0 Å². The second kappa shape index (κ2) is 26.1. The Kier molecular flexibility index (Phi) is 19.2. The summed E-state index contributed by atoms with van der Waals surface area (Å²) < 4.78 is 0. The number of para-hydroxylation sites is 1. The maximum atomic E-state index is 8.75. The van der Waals surface area contributed by atoms with E-state index in [0.717, 1.165) is 95.3 Å². The summed E-state index contributed by atoms with van der Waals surface area (Å²) in [7, 11) is 30.5. The molecule has 0 spiro atoms. The molecule has 0 radical (unpaired) electrons. The Balaban J connectivity index is 1.32. The first-order chi connectivity index (χ1) is 43.0. The molecular formula is C74H82B12ClN3S. The minimum absolute atomic E-state index is 0.0269. The number of benzene rings is 10. The van der Waals surface area contributed by atoms with Gasteiger partial charge in [-0.15, -0.1) is 0 Å². The van der Waals surface area contributed by atoms with Gasteiger partial charge in [0, 0.05) is 0 Å². The quantitative estimate of drug-likeness (QED) is 0.122. The molecule has 0 heterocycles. The van der Waals surface area contributed by atoms with Crippen LogP contribution in [0.5, 0.6) is 0 Å². The molecule has 442 valence electrons. The Labute approximate surface area is 565 Å². The Morgan fingerprint density at radius 2 is 0.791 bits per heavy atom. The Morgan fingerprint density at radius 3 is 1.32 bits per heavy atom. The zero-order valence-electron chi connectivity index (χ0n) is 58.1. The average molecular weight is 1210 g/mol. The molecule has 3 nitrogen and oxygen atoms in total. The van der Waals surface area contributed by atoms with Crippen molar-refractivity contribution in [3.05, 3.63) is 203 Å². The summed E-state index contributed by atoms with van der Waals surface area (Å²) in [5.41, 5.74) is 34.2. The molecule has 0 unspecified atom stereocenters. The van der Waals surface area contributed by atoms with Crippen LogP contribution in [0.25, 0.3) is 33.4 Å². The molecule has 0 aliphatic rings. The number of hydrogen-bond acceptors (Lipinski definition) is 4. The molecule has 0 aliphatic heterocycles. The van der Waals surface area contributed by atoms with Crippen molar-refractivity contribution in [2.24, 2.45) is 0 Å². The van der Waals surface area contributed by atoms with Gasteiger partial charge in [0.25, 0.3) is 0 Å². The molecule has 0 aliphatic carbocycles. The van der Waals surface area contributed by atoms with E-state index in [0.29, 0.717) is 5.02 Å². The summed E-state index contributed by atoms with van der Waals surface area (Å²) in [6, 6.07) is 64.9. The Bertz CT molecular complexity index is 4420. The molecule has 0 atom stereocenters. The standard InChI is InChI=1S/C74H82B12ClN3S/c1-72(2,3)42-28-33-45(34-29-42)88(51-27-18-17-26-49(51)40-20-13-11-14-21-40)47-24-19-25-48(39-47)89(52-37-32-44(74(7,8)9)38-50(52)41-22-15-12-16-23-41)68-64(83)63(82)65(84)69(67(68)87)90(46-35-30-43(31-36-46)73(4,5)6)71(86)55-56(75)53(59(78)66(85)70(55)91-10)54-57(76)60(79)62(81)61(80)58(54)77/h11-39,86H,75-85H2,1-10H3. The maximum absolute atomic E-state index is 8.75. The number of nitrogens with zero attached hydrogens (tertiary/aromatic N) is 3. The topological polar surface area (TPSA) is 9.72 Å². The van der Waals surface area contributed by atoms with Crippen LogP contribution in [0, 0.1) is 0 Å². The summed E-state index contributed by atoms with van der Waals surface area (Å²) in [6.45, 7) is 20.6. The normalized spacial score (nSPS) is 11.8. The number of rotatable bonds is 14. The van der Waals surface area contributed by atoms with Crippen LogP contribution in [0.3, 0.4) is 0 Å². The predicted octanol–water partition coefficient (Wildman–Crippen LogP) is 1.95. The van der Waals surface area contributed by atoms with Crippen LogP contribution in [0.4, 0.5) is 45.5 Å². The summed E-state index contributed by atoms with van der Waals surface area (Å²) in [6.07, 6.45) is 2.22. The molecule has 0 bridgehead atoms. The van der Waals surface area contributed by atoms with Gasteiger partial charge in [-0.3, -0.25) is 0 Å². The monoisotopic (exact) mass is 1210 g/mol. The van der Waals surface area contributed by atoms with E-state index in [1.54, 1.807) is 11.8 Å². The first kappa shape index (κ1) is 66.8. The predicted molar refractivity (Wildman–Crippen MR) is 441 cm³/mol. The molecule has 17 heteroatoms.